The molecule has 1 unspecified atom stereocenters. The van der Waals surface area contributed by atoms with Gasteiger partial charge in [0.25, 0.3) is 0 Å². The summed E-state index contributed by atoms with van der Waals surface area (Å²) in [6, 6.07) is 13.2. The number of halogens is 1. The molecule has 0 radical (unpaired) electrons. The number of fused-ring (bicyclic) bond motifs is 3. The lowest BCUT2D eigenvalue weighted by Crippen LogP contribution is -2.28. The standard InChI is InChI=1S/C18H16ClN3O/c19-13-4-3-5-14(11-13)20-18(23)12-7-8-15-16(10-12)22-9-2-1-6-17(22)21-15/h1-6,9,11-12H,7-8,10H2,(H,20,23). The third-order valence-corrected chi connectivity index (χ3v) is 4.58. The van der Waals surface area contributed by atoms with Crippen molar-refractivity contribution in [3.05, 3.63) is 65.1 Å². The van der Waals surface area contributed by atoms with Crippen molar-refractivity contribution in [1.82, 2.24) is 9.38 Å². The lowest BCUT2D eigenvalue weighted by molar-refractivity contribution is -0.120. The summed E-state index contributed by atoms with van der Waals surface area (Å²) < 4.78 is 2.09. The highest BCUT2D eigenvalue weighted by molar-refractivity contribution is 6.30. The Hall–Kier alpha value is -2.33. The van der Waals surface area contributed by atoms with Crippen molar-refractivity contribution < 1.29 is 4.79 Å². The van der Waals surface area contributed by atoms with E-state index >= 15 is 0 Å². The van der Waals surface area contributed by atoms with Crippen LogP contribution in [0.15, 0.2) is 48.7 Å². The molecule has 2 aromatic heterocycles. The molecule has 4 rings (SSSR count). The molecule has 0 spiro atoms. The van der Waals surface area contributed by atoms with Crippen LogP contribution in [0.2, 0.25) is 5.02 Å². The number of imidazole rings is 1. The van der Waals surface area contributed by atoms with Crippen molar-refractivity contribution in [3.8, 4) is 0 Å². The normalized spacial score (nSPS) is 17.0. The van der Waals surface area contributed by atoms with Crippen molar-refractivity contribution in [2.45, 2.75) is 19.3 Å². The molecular weight excluding hydrogens is 310 g/mol. The largest absolute Gasteiger partial charge is 0.326 e. The lowest BCUT2D eigenvalue weighted by atomic mass is 9.89. The maximum atomic E-state index is 12.6. The van der Waals surface area contributed by atoms with Gasteiger partial charge in [-0.3, -0.25) is 4.79 Å². The van der Waals surface area contributed by atoms with Gasteiger partial charge in [-0.25, -0.2) is 4.98 Å². The Morgan fingerprint density at radius 3 is 3.04 bits per heavy atom. The van der Waals surface area contributed by atoms with Crippen molar-refractivity contribution in [2.24, 2.45) is 5.92 Å². The van der Waals surface area contributed by atoms with Crippen LogP contribution < -0.4 is 5.32 Å². The molecule has 2 heterocycles. The molecule has 1 aliphatic rings. The summed E-state index contributed by atoms with van der Waals surface area (Å²) in [5.41, 5.74) is 3.96. The number of pyridine rings is 1. The average Bonchev–Trinajstić information content (AvgIpc) is 2.92. The molecule has 0 bridgehead atoms. The molecule has 0 fully saturated rings. The molecule has 1 atom stereocenters. The first kappa shape index (κ1) is 14.3. The van der Waals surface area contributed by atoms with Gasteiger partial charge in [-0.1, -0.05) is 23.7 Å². The van der Waals surface area contributed by atoms with E-state index in [1.807, 2.05) is 36.5 Å². The minimum Gasteiger partial charge on any atom is -0.326 e. The molecular formula is C18H16ClN3O. The number of benzene rings is 1. The molecule has 1 aliphatic carbocycles. The van der Waals surface area contributed by atoms with Crippen LogP contribution in [0.3, 0.4) is 0 Å². The van der Waals surface area contributed by atoms with Gasteiger partial charge in [-0.05, 0) is 43.2 Å². The molecule has 0 saturated heterocycles. The molecule has 1 N–H and O–H groups in total. The second-order valence-electron chi connectivity index (χ2n) is 5.87. The van der Waals surface area contributed by atoms with E-state index in [2.05, 4.69) is 14.7 Å². The first-order chi connectivity index (χ1) is 11.2. The van der Waals surface area contributed by atoms with Crippen LogP contribution in [0.4, 0.5) is 5.69 Å². The second kappa shape index (κ2) is 5.70. The molecule has 1 amide bonds. The van der Waals surface area contributed by atoms with Crippen LogP contribution in [0, 0.1) is 5.92 Å². The van der Waals surface area contributed by atoms with Crippen LogP contribution >= 0.6 is 11.6 Å². The zero-order valence-electron chi connectivity index (χ0n) is 12.5. The van der Waals surface area contributed by atoms with E-state index in [-0.39, 0.29) is 11.8 Å². The smallest absolute Gasteiger partial charge is 0.227 e. The number of nitrogens with one attached hydrogen (secondary N) is 1. The summed E-state index contributed by atoms with van der Waals surface area (Å²) in [6.07, 6.45) is 4.39. The number of hydrogen-bond donors (Lipinski definition) is 1. The maximum Gasteiger partial charge on any atom is 0.227 e. The number of aryl methyl sites for hydroxylation is 1. The van der Waals surface area contributed by atoms with Gasteiger partial charge < -0.3 is 9.72 Å². The molecule has 4 nitrogen and oxygen atoms in total. The first-order valence-corrected chi connectivity index (χ1v) is 8.10. The van der Waals surface area contributed by atoms with Gasteiger partial charge in [-0.15, -0.1) is 0 Å². The van der Waals surface area contributed by atoms with E-state index in [1.165, 1.54) is 0 Å². The highest BCUT2D eigenvalue weighted by atomic mass is 35.5. The van der Waals surface area contributed by atoms with Crippen molar-refractivity contribution in [3.63, 3.8) is 0 Å². The average molecular weight is 326 g/mol. The number of nitrogens with zero attached hydrogens (tertiary/aromatic N) is 2. The van der Waals surface area contributed by atoms with E-state index in [1.54, 1.807) is 12.1 Å². The quantitative estimate of drug-likeness (QED) is 0.780. The van der Waals surface area contributed by atoms with Gasteiger partial charge in [0.1, 0.15) is 5.65 Å². The molecule has 3 aromatic rings. The number of carbonyl (C=O) groups excluding carboxylic acids is 1. The minimum absolute atomic E-state index is 0.0402. The van der Waals surface area contributed by atoms with Crippen molar-refractivity contribution in [1.29, 1.82) is 0 Å². The number of carbonyl (C=O) groups is 1. The Labute approximate surface area is 139 Å². The van der Waals surface area contributed by atoms with Crippen molar-refractivity contribution >= 4 is 28.8 Å². The second-order valence-corrected chi connectivity index (χ2v) is 6.31. The monoisotopic (exact) mass is 325 g/mol. The number of aromatic nitrogens is 2. The maximum absolute atomic E-state index is 12.6. The predicted molar refractivity (Wildman–Crippen MR) is 90.8 cm³/mol. The third-order valence-electron chi connectivity index (χ3n) is 4.34. The van der Waals surface area contributed by atoms with Crippen LogP contribution in [0.1, 0.15) is 17.8 Å². The Morgan fingerprint density at radius 1 is 1.26 bits per heavy atom. The SMILES string of the molecule is O=C(Nc1cccc(Cl)c1)C1CCc2nc3ccccn3c2C1. The van der Waals surface area contributed by atoms with Gasteiger partial charge in [0.15, 0.2) is 0 Å². The fourth-order valence-electron chi connectivity index (χ4n) is 3.19. The summed E-state index contributed by atoms with van der Waals surface area (Å²) >= 11 is 5.97. The number of rotatable bonds is 2. The molecule has 5 heteroatoms. The fourth-order valence-corrected chi connectivity index (χ4v) is 3.38. The summed E-state index contributed by atoms with van der Waals surface area (Å²) in [7, 11) is 0. The van der Waals surface area contributed by atoms with Gasteiger partial charge in [0.2, 0.25) is 5.91 Å². The van der Waals surface area contributed by atoms with Gasteiger partial charge in [0, 0.05) is 34.9 Å². The molecule has 23 heavy (non-hydrogen) atoms. The Kier molecular flexibility index (Phi) is 3.54. The zero-order valence-corrected chi connectivity index (χ0v) is 13.3. The third kappa shape index (κ3) is 2.70. The Bertz CT molecular complexity index is 887. The molecule has 0 saturated carbocycles. The summed E-state index contributed by atoms with van der Waals surface area (Å²) in [5.74, 6) is 0.00499. The predicted octanol–water partition coefficient (Wildman–Crippen LogP) is 3.73. The summed E-state index contributed by atoms with van der Waals surface area (Å²) in [4.78, 5) is 17.2. The van der Waals surface area contributed by atoms with E-state index in [4.69, 9.17) is 11.6 Å². The van der Waals surface area contributed by atoms with E-state index in [0.717, 1.165) is 35.6 Å². The zero-order chi connectivity index (χ0) is 15.8. The van der Waals surface area contributed by atoms with E-state index in [9.17, 15) is 4.79 Å². The van der Waals surface area contributed by atoms with Gasteiger partial charge in [0.05, 0.1) is 5.69 Å². The van der Waals surface area contributed by atoms with Crippen molar-refractivity contribution in [2.75, 3.05) is 5.32 Å². The summed E-state index contributed by atoms with van der Waals surface area (Å²) in [5, 5.41) is 3.59. The summed E-state index contributed by atoms with van der Waals surface area (Å²) in [6.45, 7) is 0. The lowest BCUT2D eigenvalue weighted by Gasteiger charge is -2.21. The highest BCUT2D eigenvalue weighted by Gasteiger charge is 2.28. The van der Waals surface area contributed by atoms with E-state index in [0.29, 0.717) is 11.4 Å². The first-order valence-electron chi connectivity index (χ1n) is 7.72. The molecule has 1 aromatic carbocycles. The molecule has 0 aliphatic heterocycles. The Balaban J connectivity index is 1.56. The number of anilines is 1. The number of amides is 1. The van der Waals surface area contributed by atoms with Crippen LogP contribution in [0.5, 0.6) is 0 Å². The Morgan fingerprint density at radius 2 is 2.17 bits per heavy atom. The van der Waals surface area contributed by atoms with Gasteiger partial charge >= 0.3 is 0 Å². The topological polar surface area (TPSA) is 46.4 Å². The minimum atomic E-state index is -0.0402. The van der Waals surface area contributed by atoms with E-state index < -0.39 is 0 Å². The van der Waals surface area contributed by atoms with Crippen LogP contribution in [0.25, 0.3) is 5.65 Å². The number of hydrogen-bond acceptors (Lipinski definition) is 2. The van der Waals surface area contributed by atoms with Crippen LogP contribution in [-0.4, -0.2) is 15.3 Å². The molecule has 116 valence electrons. The van der Waals surface area contributed by atoms with Gasteiger partial charge in [-0.2, -0.15) is 0 Å². The highest BCUT2D eigenvalue weighted by Crippen LogP contribution is 2.27. The fraction of sp³-hybridized carbons (Fsp3) is 0.222. The van der Waals surface area contributed by atoms with Crippen LogP contribution in [-0.2, 0) is 17.6 Å².